The van der Waals surface area contributed by atoms with Gasteiger partial charge in [0.05, 0.1) is 6.61 Å². The van der Waals surface area contributed by atoms with Crippen molar-refractivity contribution in [3.63, 3.8) is 0 Å². The van der Waals surface area contributed by atoms with Crippen LogP contribution >= 0.6 is 0 Å². The highest BCUT2D eigenvalue weighted by Gasteiger charge is 2.18. The molecule has 0 spiro atoms. The summed E-state index contributed by atoms with van der Waals surface area (Å²) in [6.45, 7) is 2.86. The first-order valence-electron chi connectivity index (χ1n) is 3.51. The van der Waals surface area contributed by atoms with E-state index < -0.39 is 0 Å². The SMILES string of the molecule is CC=CC=CB1CCOO1. The lowest BCUT2D eigenvalue weighted by Crippen LogP contribution is -2.04. The Morgan fingerprint density at radius 3 is 2.90 bits per heavy atom. The molecule has 0 amide bonds. The summed E-state index contributed by atoms with van der Waals surface area (Å²) in [4.78, 5) is 9.59. The molecule has 0 aliphatic carbocycles. The fourth-order valence-electron chi connectivity index (χ4n) is 0.775. The van der Waals surface area contributed by atoms with Crippen LogP contribution in [0.1, 0.15) is 6.92 Å². The van der Waals surface area contributed by atoms with Gasteiger partial charge in [0.1, 0.15) is 0 Å². The fourth-order valence-corrected chi connectivity index (χ4v) is 0.775. The van der Waals surface area contributed by atoms with E-state index in [1.165, 1.54) is 0 Å². The van der Waals surface area contributed by atoms with Crippen LogP contribution < -0.4 is 0 Å². The van der Waals surface area contributed by atoms with Crippen LogP contribution in [0.4, 0.5) is 0 Å². The number of hydrogen-bond donors (Lipinski definition) is 0. The summed E-state index contributed by atoms with van der Waals surface area (Å²) in [6.07, 6.45) is 6.89. The van der Waals surface area contributed by atoms with Gasteiger partial charge in [-0.1, -0.05) is 24.2 Å². The molecule has 1 heterocycles. The van der Waals surface area contributed by atoms with E-state index in [4.69, 9.17) is 9.69 Å². The molecule has 0 N–H and O–H groups in total. The van der Waals surface area contributed by atoms with Crippen molar-refractivity contribution >= 4 is 6.92 Å². The molecule has 2 nitrogen and oxygen atoms in total. The zero-order valence-electron chi connectivity index (χ0n) is 6.12. The highest BCUT2D eigenvalue weighted by molar-refractivity contribution is 6.57. The van der Waals surface area contributed by atoms with E-state index in [9.17, 15) is 0 Å². The van der Waals surface area contributed by atoms with Crippen LogP contribution in [-0.4, -0.2) is 13.5 Å². The summed E-state index contributed by atoms with van der Waals surface area (Å²) < 4.78 is 0. The van der Waals surface area contributed by atoms with Crippen molar-refractivity contribution in [2.45, 2.75) is 13.2 Å². The summed E-state index contributed by atoms with van der Waals surface area (Å²) in [7, 11) is 0. The fraction of sp³-hybridized carbons (Fsp3) is 0.429. The zero-order chi connectivity index (χ0) is 7.23. The van der Waals surface area contributed by atoms with Crippen molar-refractivity contribution in [1.82, 2.24) is 0 Å². The monoisotopic (exact) mass is 138 g/mol. The van der Waals surface area contributed by atoms with Crippen molar-refractivity contribution < 1.29 is 9.69 Å². The van der Waals surface area contributed by atoms with Crippen molar-refractivity contribution in [3.8, 4) is 0 Å². The van der Waals surface area contributed by atoms with Crippen LogP contribution in [0.5, 0.6) is 0 Å². The van der Waals surface area contributed by atoms with Crippen LogP contribution in [0.2, 0.25) is 6.32 Å². The minimum Gasteiger partial charge on any atom is -0.299 e. The largest absolute Gasteiger partial charge is 0.367 e. The molecule has 0 radical (unpaired) electrons. The Balaban J connectivity index is 2.22. The molecule has 3 heteroatoms. The zero-order valence-corrected chi connectivity index (χ0v) is 6.12. The van der Waals surface area contributed by atoms with Gasteiger partial charge in [-0.3, -0.25) is 9.69 Å². The molecule has 1 fully saturated rings. The molecular formula is C7H11BO2. The first-order valence-corrected chi connectivity index (χ1v) is 3.51. The molecule has 0 bridgehead atoms. The van der Waals surface area contributed by atoms with Crippen LogP contribution in [0, 0.1) is 0 Å². The third-order valence-electron chi connectivity index (χ3n) is 1.31. The molecular weight excluding hydrogens is 127 g/mol. The van der Waals surface area contributed by atoms with E-state index in [2.05, 4.69) is 0 Å². The smallest absolute Gasteiger partial charge is 0.299 e. The van der Waals surface area contributed by atoms with Gasteiger partial charge in [0.2, 0.25) is 0 Å². The molecule has 1 aliphatic rings. The Kier molecular flexibility index (Phi) is 3.26. The lowest BCUT2D eigenvalue weighted by molar-refractivity contribution is -0.184. The molecule has 10 heavy (non-hydrogen) atoms. The molecule has 1 saturated heterocycles. The maximum Gasteiger partial charge on any atom is 0.367 e. The summed E-state index contributed by atoms with van der Waals surface area (Å²) in [5.74, 6) is 1.99. The minimum absolute atomic E-state index is 0.163. The number of allylic oxidation sites excluding steroid dienone is 3. The maximum atomic E-state index is 4.88. The van der Waals surface area contributed by atoms with Gasteiger partial charge >= 0.3 is 6.92 Å². The van der Waals surface area contributed by atoms with E-state index in [1.807, 2.05) is 31.1 Å². The van der Waals surface area contributed by atoms with Gasteiger partial charge in [0.15, 0.2) is 0 Å². The number of hydrogen-bond acceptors (Lipinski definition) is 2. The summed E-state index contributed by atoms with van der Waals surface area (Å²) in [5.41, 5.74) is 0. The molecule has 54 valence electrons. The second-order valence-corrected chi connectivity index (χ2v) is 2.16. The highest BCUT2D eigenvalue weighted by atomic mass is 17.2. The molecule has 0 unspecified atom stereocenters. The van der Waals surface area contributed by atoms with Crippen molar-refractivity contribution in [2.75, 3.05) is 6.61 Å². The second kappa shape index (κ2) is 4.31. The lowest BCUT2D eigenvalue weighted by atomic mass is 9.66. The molecule has 1 rings (SSSR count). The topological polar surface area (TPSA) is 18.5 Å². The normalized spacial score (nSPS) is 19.9. The van der Waals surface area contributed by atoms with Gasteiger partial charge in [-0.2, -0.15) is 0 Å². The second-order valence-electron chi connectivity index (χ2n) is 2.16. The Morgan fingerprint density at radius 2 is 2.30 bits per heavy atom. The van der Waals surface area contributed by atoms with E-state index in [0.29, 0.717) is 6.61 Å². The Labute approximate surface area is 61.6 Å². The molecule has 0 aromatic heterocycles. The molecule has 0 atom stereocenters. The van der Waals surface area contributed by atoms with Gasteiger partial charge in [-0.05, 0) is 13.2 Å². The summed E-state index contributed by atoms with van der Waals surface area (Å²) in [5, 5.41) is 0. The van der Waals surface area contributed by atoms with Gasteiger partial charge < -0.3 is 0 Å². The maximum absolute atomic E-state index is 4.88. The number of rotatable bonds is 2. The third kappa shape index (κ3) is 2.37. The Hall–Kier alpha value is -0.535. The van der Waals surface area contributed by atoms with Crippen LogP contribution in [-0.2, 0) is 9.69 Å². The molecule has 0 aromatic carbocycles. The van der Waals surface area contributed by atoms with E-state index in [-0.39, 0.29) is 6.92 Å². The average Bonchev–Trinajstić information content (AvgIpc) is 2.41. The van der Waals surface area contributed by atoms with Crippen molar-refractivity contribution in [2.24, 2.45) is 0 Å². The standard InChI is InChI=1S/C7H11BO2/c1-2-3-4-5-8-6-7-9-10-8/h2-5H,6-7H2,1H3. The van der Waals surface area contributed by atoms with E-state index >= 15 is 0 Å². The van der Waals surface area contributed by atoms with Gasteiger partial charge in [-0.15, -0.1) is 0 Å². The first-order chi connectivity index (χ1) is 4.93. The van der Waals surface area contributed by atoms with Gasteiger partial charge in [-0.25, -0.2) is 0 Å². The van der Waals surface area contributed by atoms with Gasteiger partial charge in [0, 0.05) is 0 Å². The van der Waals surface area contributed by atoms with Crippen LogP contribution in [0.25, 0.3) is 0 Å². The summed E-state index contributed by atoms with van der Waals surface area (Å²) in [6, 6.07) is 0. The van der Waals surface area contributed by atoms with E-state index in [1.54, 1.807) is 0 Å². The average molecular weight is 138 g/mol. The van der Waals surface area contributed by atoms with Crippen LogP contribution in [0.3, 0.4) is 0 Å². The predicted molar refractivity (Wildman–Crippen MR) is 41.6 cm³/mol. The van der Waals surface area contributed by atoms with Crippen molar-refractivity contribution in [3.05, 3.63) is 24.2 Å². The van der Waals surface area contributed by atoms with Gasteiger partial charge in [0.25, 0.3) is 0 Å². The quantitative estimate of drug-likeness (QED) is 0.328. The van der Waals surface area contributed by atoms with Crippen molar-refractivity contribution in [1.29, 1.82) is 0 Å². The highest BCUT2D eigenvalue weighted by Crippen LogP contribution is 2.06. The van der Waals surface area contributed by atoms with E-state index in [0.717, 1.165) is 6.32 Å². The third-order valence-corrected chi connectivity index (χ3v) is 1.31. The Morgan fingerprint density at radius 1 is 1.40 bits per heavy atom. The molecule has 0 saturated carbocycles. The molecule has 1 aliphatic heterocycles. The lowest BCUT2D eigenvalue weighted by Gasteiger charge is -1.90. The Bertz CT molecular complexity index is 137. The minimum atomic E-state index is 0.163. The molecule has 0 aromatic rings. The summed E-state index contributed by atoms with van der Waals surface area (Å²) >= 11 is 0. The first kappa shape index (κ1) is 7.57. The predicted octanol–water partition coefficient (Wildman–Crippen LogP) is 1.61. The van der Waals surface area contributed by atoms with Crippen LogP contribution in [0.15, 0.2) is 24.2 Å².